The lowest BCUT2D eigenvalue weighted by molar-refractivity contribution is -0.137. The van der Waals surface area contributed by atoms with E-state index < -0.39 is 26.8 Å². The number of alkyl halides is 3. The van der Waals surface area contributed by atoms with E-state index in [4.69, 9.17) is 8.92 Å². The number of rotatable bonds is 11. The van der Waals surface area contributed by atoms with Crippen LogP contribution in [0.25, 0.3) is 0 Å². The monoisotopic (exact) mass is 596 g/mol. The summed E-state index contributed by atoms with van der Waals surface area (Å²) < 4.78 is 77.6. The Morgan fingerprint density at radius 3 is 2.50 bits per heavy atom. The summed E-state index contributed by atoms with van der Waals surface area (Å²) in [4.78, 5) is 16.9. The summed E-state index contributed by atoms with van der Waals surface area (Å²) in [5.41, 5.74) is -0.0221. The van der Waals surface area contributed by atoms with Gasteiger partial charge in [-0.15, -0.1) is 11.3 Å². The van der Waals surface area contributed by atoms with Gasteiger partial charge in [0.2, 0.25) is 0 Å². The molecule has 0 saturated carbocycles. The van der Waals surface area contributed by atoms with Gasteiger partial charge in [0.1, 0.15) is 10.6 Å². The Hall–Kier alpha value is -3.09. The Bertz CT molecular complexity index is 1400. The fourth-order valence-electron chi connectivity index (χ4n) is 4.55. The molecule has 3 aromatic rings. The number of carbonyl (C=O) groups excluding carboxylic acids is 1. The average molecular weight is 597 g/mol. The first-order valence-electron chi connectivity index (χ1n) is 13.0. The third-order valence-electron chi connectivity index (χ3n) is 6.66. The zero-order chi connectivity index (χ0) is 28.9. The third-order valence-corrected chi connectivity index (χ3v) is 8.75. The second-order valence-corrected chi connectivity index (χ2v) is 11.8. The Kier molecular flexibility index (Phi) is 9.42. The SMILES string of the molecule is CCN(CC)c1ccc(CN(CC2CCCO2)C(=O)c2cccs2)c(OS(=O)(=O)c2cccc(C(F)(F)F)c2)c1. The molecule has 0 radical (unpaired) electrons. The predicted molar refractivity (Wildman–Crippen MR) is 147 cm³/mol. The highest BCUT2D eigenvalue weighted by atomic mass is 32.2. The first-order chi connectivity index (χ1) is 19.0. The van der Waals surface area contributed by atoms with Crippen molar-refractivity contribution in [3.8, 4) is 5.75 Å². The van der Waals surface area contributed by atoms with E-state index in [1.807, 2.05) is 24.8 Å². The maximum Gasteiger partial charge on any atom is 0.416 e. The van der Waals surface area contributed by atoms with Crippen LogP contribution in [0.4, 0.5) is 18.9 Å². The molecule has 4 rings (SSSR count). The molecule has 216 valence electrons. The van der Waals surface area contributed by atoms with Gasteiger partial charge in [-0.1, -0.05) is 18.2 Å². The summed E-state index contributed by atoms with van der Waals surface area (Å²) in [5, 5.41) is 1.80. The number of halogens is 3. The van der Waals surface area contributed by atoms with Gasteiger partial charge in [-0.25, -0.2) is 0 Å². The van der Waals surface area contributed by atoms with E-state index >= 15 is 0 Å². The quantitative estimate of drug-likeness (QED) is 0.245. The van der Waals surface area contributed by atoms with Crippen molar-refractivity contribution < 1.29 is 35.3 Å². The fourth-order valence-corrected chi connectivity index (χ4v) is 6.24. The Labute approximate surface area is 236 Å². The van der Waals surface area contributed by atoms with Crippen LogP contribution in [0.2, 0.25) is 0 Å². The van der Waals surface area contributed by atoms with E-state index in [1.54, 1.807) is 34.5 Å². The summed E-state index contributed by atoms with van der Waals surface area (Å²) in [6, 6.07) is 12.0. The molecule has 12 heteroatoms. The molecule has 0 aliphatic carbocycles. The molecule has 0 bridgehead atoms. The number of nitrogens with zero attached hydrogens (tertiary/aromatic N) is 2. The van der Waals surface area contributed by atoms with Crippen LogP contribution in [-0.4, -0.2) is 51.6 Å². The number of amides is 1. The molecule has 1 atom stereocenters. The van der Waals surface area contributed by atoms with E-state index in [0.29, 0.717) is 48.4 Å². The molecule has 1 saturated heterocycles. The smallest absolute Gasteiger partial charge is 0.379 e. The highest BCUT2D eigenvalue weighted by molar-refractivity contribution is 7.87. The van der Waals surface area contributed by atoms with Crippen molar-refractivity contribution in [1.29, 1.82) is 0 Å². The summed E-state index contributed by atoms with van der Waals surface area (Å²) in [6.45, 7) is 6.08. The number of hydrogen-bond acceptors (Lipinski definition) is 7. The normalized spacial score (nSPS) is 15.7. The Morgan fingerprint density at radius 2 is 1.88 bits per heavy atom. The molecule has 40 heavy (non-hydrogen) atoms. The second-order valence-electron chi connectivity index (χ2n) is 9.33. The fraction of sp³-hybridized carbons (Fsp3) is 0.393. The minimum Gasteiger partial charge on any atom is -0.379 e. The van der Waals surface area contributed by atoms with Gasteiger partial charge in [-0.05, 0) is 62.4 Å². The van der Waals surface area contributed by atoms with Crippen molar-refractivity contribution in [3.05, 3.63) is 76.0 Å². The van der Waals surface area contributed by atoms with Crippen LogP contribution in [-0.2, 0) is 27.6 Å². The summed E-state index contributed by atoms with van der Waals surface area (Å²) >= 11 is 1.30. The molecule has 1 amide bonds. The van der Waals surface area contributed by atoms with E-state index in [2.05, 4.69) is 0 Å². The zero-order valence-corrected chi connectivity index (χ0v) is 23.8. The molecule has 1 unspecified atom stereocenters. The van der Waals surface area contributed by atoms with Gasteiger partial charge < -0.3 is 18.7 Å². The number of benzene rings is 2. The van der Waals surface area contributed by atoms with Crippen molar-refractivity contribution in [2.45, 2.75) is 50.4 Å². The third kappa shape index (κ3) is 7.15. The van der Waals surface area contributed by atoms with E-state index in [-0.39, 0.29) is 24.3 Å². The van der Waals surface area contributed by atoms with Crippen LogP contribution < -0.4 is 9.08 Å². The highest BCUT2D eigenvalue weighted by Crippen LogP contribution is 2.33. The van der Waals surface area contributed by atoms with E-state index in [9.17, 15) is 26.4 Å². The first kappa shape index (κ1) is 29.9. The largest absolute Gasteiger partial charge is 0.416 e. The second kappa shape index (κ2) is 12.6. The molecule has 2 aromatic carbocycles. The van der Waals surface area contributed by atoms with Gasteiger partial charge >= 0.3 is 16.3 Å². The molecule has 1 fully saturated rings. The lowest BCUT2D eigenvalue weighted by Gasteiger charge is -2.27. The lowest BCUT2D eigenvalue weighted by Crippen LogP contribution is -2.36. The van der Waals surface area contributed by atoms with Crippen LogP contribution in [0.5, 0.6) is 5.75 Å². The molecule has 1 aliphatic rings. The number of anilines is 1. The minimum absolute atomic E-state index is 0.0164. The number of hydrogen-bond donors (Lipinski definition) is 0. The van der Waals surface area contributed by atoms with E-state index in [0.717, 1.165) is 31.0 Å². The summed E-state index contributed by atoms with van der Waals surface area (Å²) in [7, 11) is -4.64. The van der Waals surface area contributed by atoms with Crippen molar-refractivity contribution in [3.63, 3.8) is 0 Å². The zero-order valence-electron chi connectivity index (χ0n) is 22.2. The lowest BCUT2D eigenvalue weighted by atomic mass is 10.1. The van der Waals surface area contributed by atoms with Gasteiger partial charge in [-0.3, -0.25) is 4.79 Å². The molecule has 0 spiro atoms. The number of thiophene rings is 1. The average Bonchev–Trinajstić information content (AvgIpc) is 3.64. The number of ether oxygens (including phenoxy) is 1. The van der Waals surface area contributed by atoms with Gasteiger partial charge in [0.15, 0.2) is 0 Å². The molecule has 1 aromatic heterocycles. The highest BCUT2D eigenvalue weighted by Gasteiger charge is 2.32. The topological polar surface area (TPSA) is 76.2 Å². The van der Waals surface area contributed by atoms with Crippen LogP contribution in [0.1, 0.15) is 47.5 Å². The van der Waals surface area contributed by atoms with Crippen LogP contribution in [0, 0.1) is 0 Å². The van der Waals surface area contributed by atoms with Gasteiger partial charge in [0, 0.05) is 50.1 Å². The maximum atomic E-state index is 13.4. The van der Waals surface area contributed by atoms with Crippen molar-refractivity contribution >= 4 is 33.0 Å². The van der Waals surface area contributed by atoms with Gasteiger partial charge in [-0.2, -0.15) is 21.6 Å². The summed E-state index contributed by atoms with van der Waals surface area (Å²) in [6.07, 6.45) is -3.20. The van der Waals surface area contributed by atoms with Crippen LogP contribution in [0.15, 0.2) is 64.9 Å². The maximum absolute atomic E-state index is 13.4. The Balaban J connectivity index is 1.72. The predicted octanol–water partition coefficient (Wildman–Crippen LogP) is 6.20. The van der Waals surface area contributed by atoms with Gasteiger partial charge in [0.05, 0.1) is 16.5 Å². The molecular formula is C28H31F3N2O5S2. The molecule has 0 N–H and O–H groups in total. The summed E-state index contributed by atoms with van der Waals surface area (Å²) in [5.74, 6) is -0.289. The molecule has 2 heterocycles. The number of carbonyl (C=O) groups is 1. The van der Waals surface area contributed by atoms with Crippen molar-refractivity contribution in [2.24, 2.45) is 0 Å². The van der Waals surface area contributed by atoms with Crippen LogP contribution in [0.3, 0.4) is 0 Å². The standard InChI is InChI=1S/C28H31F3N2O5S2/c1-3-32(4-2)22-13-12-20(18-33(19-23-9-6-14-37-23)27(34)26-11-7-15-39-26)25(17-22)38-40(35,36)24-10-5-8-21(16-24)28(29,30)31/h5,7-8,10-13,15-17,23H,3-4,6,9,14,18-19H2,1-2H3. The van der Waals surface area contributed by atoms with E-state index in [1.165, 1.54) is 11.3 Å². The van der Waals surface area contributed by atoms with Crippen molar-refractivity contribution in [2.75, 3.05) is 31.1 Å². The van der Waals surface area contributed by atoms with Crippen molar-refractivity contribution in [1.82, 2.24) is 4.90 Å². The molecular weight excluding hydrogens is 565 g/mol. The minimum atomic E-state index is -4.72. The molecule has 7 nitrogen and oxygen atoms in total. The van der Waals surface area contributed by atoms with Gasteiger partial charge in [0.25, 0.3) is 5.91 Å². The Morgan fingerprint density at radius 1 is 1.10 bits per heavy atom. The van der Waals surface area contributed by atoms with Crippen LogP contribution >= 0.6 is 11.3 Å². The molecule has 1 aliphatic heterocycles. The first-order valence-corrected chi connectivity index (χ1v) is 15.2.